The summed E-state index contributed by atoms with van der Waals surface area (Å²) in [7, 11) is 1.81. The van der Waals surface area contributed by atoms with Crippen molar-refractivity contribution in [1.82, 2.24) is 4.98 Å². The summed E-state index contributed by atoms with van der Waals surface area (Å²) in [5.41, 5.74) is 1.79. The second-order valence-corrected chi connectivity index (χ2v) is 4.12. The Labute approximate surface area is 109 Å². The fraction of sp³-hybridized carbons (Fsp3) is 0.143. The van der Waals surface area contributed by atoms with Gasteiger partial charge >= 0.3 is 0 Å². The second kappa shape index (κ2) is 5.44. The van der Waals surface area contributed by atoms with Gasteiger partial charge in [0.15, 0.2) is 11.6 Å². The molecule has 0 unspecified atom stereocenters. The molecule has 2 rings (SSSR count). The van der Waals surface area contributed by atoms with Gasteiger partial charge in [-0.25, -0.2) is 13.8 Å². The number of anilines is 1. The Bertz CT molecular complexity index is 618. The van der Waals surface area contributed by atoms with E-state index >= 15 is 0 Å². The lowest BCUT2D eigenvalue weighted by Gasteiger charge is -2.19. The molecule has 0 bridgehead atoms. The number of benzene rings is 1. The van der Waals surface area contributed by atoms with Crippen LogP contribution in [0, 0.1) is 23.0 Å². The van der Waals surface area contributed by atoms with Crippen molar-refractivity contribution < 1.29 is 8.78 Å². The molecule has 0 spiro atoms. The highest BCUT2D eigenvalue weighted by Gasteiger charge is 2.06. The second-order valence-electron chi connectivity index (χ2n) is 4.12. The zero-order valence-electron chi connectivity index (χ0n) is 10.3. The van der Waals surface area contributed by atoms with Gasteiger partial charge in [-0.2, -0.15) is 5.26 Å². The fourth-order valence-corrected chi connectivity index (χ4v) is 1.68. The summed E-state index contributed by atoms with van der Waals surface area (Å²) in [6, 6.07) is 9.11. The maximum Gasteiger partial charge on any atom is 0.159 e. The van der Waals surface area contributed by atoms with Gasteiger partial charge in [-0.3, -0.25) is 0 Å². The van der Waals surface area contributed by atoms with Gasteiger partial charge in [-0.05, 0) is 29.8 Å². The van der Waals surface area contributed by atoms with E-state index in [9.17, 15) is 8.78 Å². The first-order valence-corrected chi connectivity index (χ1v) is 5.61. The Morgan fingerprint density at radius 2 is 2.00 bits per heavy atom. The smallest absolute Gasteiger partial charge is 0.159 e. The lowest BCUT2D eigenvalue weighted by Crippen LogP contribution is -2.16. The molecule has 0 saturated heterocycles. The fourth-order valence-electron chi connectivity index (χ4n) is 1.68. The maximum absolute atomic E-state index is 13.1. The van der Waals surface area contributed by atoms with Crippen molar-refractivity contribution in [3.63, 3.8) is 0 Å². The van der Waals surface area contributed by atoms with Crippen LogP contribution >= 0.6 is 0 Å². The zero-order chi connectivity index (χ0) is 13.8. The molecule has 0 amide bonds. The van der Waals surface area contributed by atoms with E-state index in [4.69, 9.17) is 5.26 Å². The third kappa shape index (κ3) is 3.05. The van der Waals surface area contributed by atoms with E-state index in [2.05, 4.69) is 4.98 Å². The predicted octanol–water partition coefficient (Wildman–Crippen LogP) is 2.87. The largest absolute Gasteiger partial charge is 0.369 e. The molecule has 1 aromatic carbocycles. The summed E-state index contributed by atoms with van der Waals surface area (Å²) in [5.74, 6) is -1.71. The van der Waals surface area contributed by atoms with E-state index in [1.165, 1.54) is 12.1 Å². The van der Waals surface area contributed by atoms with Crippen LogP contribution in [0.3, 0.4) is 0 Å². The summed E-state index contributed by atoms with van der Waals surface area (Å²) >= 11 is 0. The number of hydrogen-bond donors (Lipinski definition) is 0. The number of halogens is 2. The van der Waals surface area contributed by atoms with Gasteiger partial charge in [0.05, 0.1) is 11.9 Å². The Balaban J connectivity index is 2.13. The molecular formula is C14H11F2N3. The number of rotatable bonds is 3. The van der Waals surface area contributed by atoms with Crippen LogP contribution in [0.2, 0.25) is 0 Å². The maximum atomic E-state index is 13.1. The first-order chi connectivity index (χ1) is 9.10. The van der Waals surface area contributed by atoms with Crippen molar-refractivity contribution in [2.45, 2.75) is 6.54 Å². The number of hydrogen-bond acceptors (Lipinski definition) is 3. The SMILES string of the molecule is CN(Cc1ccc(F)c(F)c1)c1ccc(C#N)nc1. The van der Waals surface area contributed by atoms with Gasteiger partial charge in [0.1, 0.15) is 11.8 Å². The zero-order valence-corrected chi connectivity index (χ0v) is 10.3. The van der Waals surface area contributed by atoms with E-state index in [1.54, 1.807) is 18.3 Å². The van der Waals surface area contributed by atoms with E-state index in [1.807, 2.05) is 18.0 Å². The summed E-state index contributed by atoms with van der Waals surface area (Å²) in [4.78, 5) is 5.79. The Kier molecular flexibility index (Phi) is 3.71. The third-order valence-electron chi connectivity index (χ3n) is 2.71. The predicted molar refractivity (Wildman–Crippen MR) is 67.4 cm³/mol. The number of nitrogens with zero attached hydrogens (tertiary/aromatic N) is 3. The summed E-state index contributed by atoms with van der Waals surface area (Å²) < 4.78 is 25.9. The first-order valence-electron chi connectivity index (χ1n) is 5.61. The van der Waals surface area contributed by atoms with Gasteiger partial charge in [-0.1, -0.05) is 6.07 Å². The molecule has 3 nitrogen and oxygen atoms in total. The molecule has 0 aliphatic rings. The average Bonchev–Trinajstić information content (AvgIpc) is 2.43. The van der Waals surface area contributed by atoms with Crippen LogP contribution in [0.15, 0.2) is 36.5 Å². The number of pyridine rings is 1. The summed E-state index contributed by atoms with van der Waals surface area (Å²) in [6.07, 6.45) is 1.57. The standard InChI is InChI=1S/C14H11F2N3/c1-19(12-4-3-11(7-17)18-8-12)9-10-2-5-13(15)14(16)6-10/h2-6,8H,9H2,1H3. The topological polar surface area (TPSA) is 39.9 Å². The Morgan fingerprint density at radius 3 is 2.58 bits per heavy atom. The van der Waals surface area contributed by atoms with Crippen molar-refractivity contribution >= 4 is 5.69 Å². The van der Waals surface area contributed by atoms with Crippen LogP contribution in [-0.4, -0.2) is 12.0 Å². The highest BCUT2D eigenvalue weighted by atomic mass is 19.2. The van der Waals surface area contributed by atoms with Crippen LogP contribution in [0.25, 0.3) is 0 Å². The van der Waals surface area contributed by atoms with Gasteiger partial charge in [0.25, 0.3) is 0 Å². The molecular weight excluding hydrogens is 248 g/mol. The van der Waals surface area contributed by atoms with E-state index < -0.39 is 11.6 Å². The average molecular weight is 259 g/mol. The molecule has 0 fully saturated rings. The lowest BCUT2D eigenvalue weighted by atomic mass is 10.2. The van der Waals surface area contributed by atoms with Crippen LogP contribution in [0.4, 0.5) is 14.5 Å². The molecule has 0 saturated carbocycles. The summed E-state index contributed by atoms with van der Waals surface area (Å²) in [6.45, 7) is 0.421. The molecule has 1 heterocycles. The normalized spacial score (nSPS) is 10.0. The van der Waals surface area contributed by atoms with Crippen molar-refractivity contribution in [3.05, 3.63) is 59.4 Å². The number of aromatic nitrogens is 1. The van der Waals surface area contributed by atoms with Crippen molar-refractivity contribution in [1.29, 1.82) is 5.26 Å². The van der Waals surface area contributed by atoms with E-state index in [0.717, 1.165) is 11.8 Å². The number of nitriles is 1. The van der Waals surface area contributed by atoms with Crippen molar-refractivity contribution in [2.24, 2.45) is 0 Å². The summed E-state index contributed by atoms with van der Waals surface area (Å²) in [5, 5.41) is 8.66. The lowest BCUT2D eigenvalue weighted by molar-refractivity contribution is 0.507. The van der Waals surface area contributed by atoms with Gasteiger partial charge in [0.2, 0.25) is 0 Å². The van der Waals surface area contributed by atoms with Gasteiger partial charge in [-0.15, -0.1) is 0 Å². The van der Waals surface area contributed by atoms with Crippen LogP contribution in [0.5, 0.6) is 0 Å². The molecule has 0 atom stereocenters. The molecule has 2 aromatic rings. The highest BCUT2D eigenvalue weighted by Crippen LogP contribution is 2.16. The molecule has 0 aliphatic heterocycles. The molecule has 96 valence electrons. The quantitative estimate of drug-likeness (QED) is 0.850. The molecule has 0 radical (unpaired) electrons. The van der Waals surface area contributed by atoms with Gasteiger partial charge in [0, 0.05) is 13.6 Å². The van der Waals surface area contributed by atoms with Crippen molar-refractivity contribution in [3.8, 4) is 6.07 Å². The molecule has 1 aromatic heterocycles. The van der Waals surface area contributed by atoms with Crippen LogP contribution in [-0.2, 0) is 6.54 Å². The van der Waals surface area contributed by atoms with E-state index in [-0.39, 0.29) is 0 Å². The minimum atomic E-state index is -0.858. The van der Waals surface area contributed by atoms with E-state index in [0.29, 0.717) is 17.8 Å². The Morgan fingerprint density at radius 1 is 1.21 bits per heavy atom. The minimum absolute atomic E-state index is 0.338. The van der Waals surface area contributed by atoms with Crippen LogP contribution < -0.4 is 4.90 Å². The molecule has 5 heteroatoms. The minimum Gasteiger partial charge on any atom is -0.369 e. The molecule has 0 N–H and O–H groups in total. The third-order valence-corrected chi connectivity index (χ3v) is 2.71. The highest BCUT2D eigenvalue weighted by molar-refractivity contribution is 5.45. The first kappa shape index (κ1) is 13.0. The molecule has 0 aliphatic carbocycles. The Hall–Kier alpha value is -2.48. The monoisotopic (exact) mass is 259 g/mol. The molecule has 19 heavy (non-hydrogen) atoms. The van der Waals surface area contributed by atoms with Crippen LogP contribution in [0.1, 0.15) is 11.3 Å². The van der Waals surface area contributed by atoms with Crippen molar-refractivity contribution in [2.75, 3.05) is 11.9 Å². The van der Waals surface area contributed by atoms with Gasteiger partial charge < -0.3 is 4.90 Å².